The molecule has 0 radical (unpaired) electrons. The summed E-state index contributed by atoms with van der Waals surface area (Å²) in [5.74, 6) is 0.312. The maximum atomic E-state index is 11.7. The van der Waals surface area contributed by atoms with Gasteiger partial charge in [-0.05, 0) is 31.2 Å². The smallest absolute Gasteiger partial charge is 0.164 e. The van der Waals surface area contributed by atoms with Gasteiger partial charge in [0.25, 0.3) is 0 Å². The summed E-state index contributed by atoms with van der Waals surface area (Å²) >= 11 is 0. The molecule has 3 heteroatoms. The lowest BCUT2D eigenvalue weighted by Gasteiger charge is -2.09. The molecule has 0 spiro atoms. The van der Waals surface area contributed by atoms with Gasteiger partial charge in [-0.1, -0.05) is 0 Å². The van der Waals surface area contributed by atoms with E-state index >= 15 is 0 Å². The SMILES string of the molecule is O=C1CCCc2cn(CC3CCCO3)cc21. The molecule has 1 saturated heterocycles. The maximum absolute atomic E-state index is 11.7. The Morgan fingerprint density at radius 3 is 3.00 bits per heavy atom. The number of hydrogen-bond acceptors (Lipinski definition) is 2. The molecular formula is C13H17NO2. The van der Waals surface area contributed by atoms with Gasteiger partial charge >= 0.3 is 0 Å². The zero-order valence-corrected chi connectivity index (χ0v) is 9.45. The number of ketones is 1. The molecule has 1 aliphatic carbocycles. The van der Waals surface area contributed by atoms with E-state index in [1.165, 1.54) is 12.0 Å². The highest BCUT2D eigenvalue weighted by Gasteiger charge is 2.21. The molecule has 3 nitrogen and oxygen atoms in total. The van der Waals surface area contributed by atoms with Gasteiger partial charge in [-0.25, -0.2) is 0 Å². The Morgan fingerprint density at radius 2 is 2.25 bits per heavy atom. The lowest BCUT2D eigenvalue weighted by molar-refractivity contribution is 0.0958. The van der Waals surface area contributed by atoms with Crippen molar-refractivity contribution in [3.63, 3.8) is 0 Å². The molecule has 1 unspecified atom stereocenters. The molecule has 0 aromatic carbocycles. The summed E-state index contributed by atoms with van der Waals surface area (Å²) in [5, 5.41) is 0. The molecule has 1 aliphatic heterocycles. The number of ether oxygens (including phenoxy) is 1. The van der Waals surface area contributed by atoms with Gasteiger partial charge in [0.05, 0.1) is 6.10 Å². The molecule has 1 aromatic rings. The van der Waals surface area contributed by atoms with Gasteiger partial charge < -0.3 is 9.30 Å². The molecule has 2 heterocycles. The summed E-state index contributed by atoms with van der Waals surface area (Å²) in [6.07, 6.45) is 9.60. The first kappa shape index (κ1) is 10.1. The Morgan fingerprint density at radius 1 is 1.31 bits per heavy atom. The highest BCUT2D eigenvalue weighted by atomic mass is 16.5. The first-order valence-corrected chi connectivity index (χ1v) is 6.16. The van der Waals surface area contributed by atoms with Crippen LogP contribution in [-0.2, 0) is 17.7 Å². The largest absolute Gasteiger partial charge is 0.376 e. The van der Waals surface area contributed by atoms with E-state index in [1.54, 1.807) is 0 Å². The van der Waals surface area contributed by atoms with Crippen LogP contribution in [0.15, 0.2) is 12.4 Å². The van der Waals surface area contributed by atoms with Gasteiger partial charge in [0.2, 0.25) is 0 Å². The standard InChI is InChI=1S/C13H17NO2/c15-13-5-1-3-10-7-14(9-12(10)13)8-11-4-2-6-16-11/h7,9,11H,1-6,8H2. The Balaban J connectivity index is 1.78. The number of hydrogen-bond donors (Lipinski definition) is 0. The highest BCUT2D eigenvalue weighted by Crippen LogP contribution is 2.23. The number of aromatic nitrogens is 1. The van der Waals surface area contributed by atoms with Crippen LogP contribution < -0.4 is 0 Å². The topological polar surface area (TPSA) is 31.2 Å². The fraction of sp³-hybridized carbons (Fsp3) is 0.615. The van der Waals surface area contributed by atoms with Crippen LogP contribution in [0.1, 0.15) is 41.6 Å². The first-order chi connectivity index (χ1) is 7.83. The number of carbonyl (C=O) groups excluding carboxylic acids is 1. The number of nitrogens with zero attached hydrogens (tertiary/aromatic N) is 1. The van der Waals surface area contributed by atoms with Crippen LogP contribution >= 0.6 is 0 Å². The summed E-state index contributed by atoms with van der Waals surface area (Å²) < 4.78 is 7.75. The molecule has 0 amide bonds. The molecule has 16 heavy (non-hydrogen) atoms. The van der Waals surface area contributed by atoms with Crippen LogP contribution in [0.2, 0.25) is 0 Å². The van der Waals surface area contributed by atoms with Crippen molar-refractivity contribution in [2.24, 2.45) is 0 Å². The predicted molar refractivity (Wildman–Crippen MR) is 60.7 cm³/mol. The maximum Gasteiger partial charge on any atom is 0.164 e. The van der Waals surface area contributed by atoms with Gasteiger partial charge in [0, 0.05) is 37.5 Å². The molecule has 3 rings (SSSR count). The van der Waals surface area contributed by atoms with Crippen molar-refractivity contribution < 1.29 is 9.53 Å². The van der Waals surface area contributed by atoms with Crippen LogP contribution in [0.25, 0.3) is 0 Å². The monoisotopic (exact) mass is 219 g/mol. The predicted octanol–water partition coefficient (Wildman–Crippen LogP) is 2.19. The summed E-state index contributed by atoms with van der Waals surface area (Å²) in [7, 11) is 0. The molecular weight excluding hydrogens is 202 g/mol. The third kappa shape index (κ3) is 1.80. The van der Waals surface area contributed by atoms with E-state index < -0.39 is 0 Å². The molecule has 2 aliphatic rings. The molecule has 1 atom stereocenters. The van der Waals surface area contributed by atoms with E-state index in [4.69, 9.17) is 4.74 Å². The van der Waals surface area contributed by atoms with E-state index in [0.717, 1.165) is 44.4 Å². The van der Waals surface area contributed by atoms with E-state index in [1.807, 2.05) is 6.20 Å². The van der Waals surface area contributed by atoms with E-state index in [9.17, 15) is 4.79 Å². The average molecular weight is 219 g/mol. The lowest BCUT2D eigenvalue weighted by Crippen LogP contribution is -2.13. The number of rotatable bonds is 2. The Kier molecular flexibility index (Phi) is 2.56. The Hall–Kier alpha value is -1.09. The summed E-state index contributed by atoms with van der Waals surface area (Å²) in [6.45, 7) is 1.80. The Labute approximate surface area is 95.4 Å². The van der Waals surface area contributed by atoms with Gasteiger partial charge in [0.15, 0.2) is 5.78 Å². The van der Waals surface area contributed by atoms with Gasteiger partial charge in [-0.3, -0.25) is 4.79 Å². The number of carbonyl (C=O) groups is 1. The van der Waals surface area contributed by atoms with Crippen LogP contribution in [0, 0.1) is 0 Å². The molecule has 0 bridgehead atoms. The molecule has 0 N–H and O–H groups in total. The second kappa shape index (κ2) is 4.06. The zero-order valence-electron chi connectivity index (χ0n) is 9.45. The van der Waals surface area contributed by atoms with Crippen molar-refractivity contribution in [2.45, 2.75) is 44.8 Å². The van der Waals surface area contributed by atoms with Crippen molar-refractivity contribution in [3.8, 4) is 0 Å². The third-order valence-corrected chi connectivity index (χ3v) is 3.55. The molecule has 1 aromatic heterocycles. The zero-order chi connectivity index (χ0) is 11.0. The van der Waals surface area contributed by atoms with Gasteiger partial charge in [-0.15, -0.1) is 0 Å². The van der Waals surface area contributed by atoms with Crippen molar-refractivity contribution in [1.82, 2.24) is 4.57 Å². The van der Waals surface area contributed by atoms with Crippen LogP contribution in [-0.4, -0.2) is 23.1 Å². The van der Waals surface area contributed by atoms with Crippen molar-refractivity contribution in [2.75, 3.05) is 6.61 Å². The molecule has 1 fully saturated rings. The minimum Gasteiger partial charge on any atom is -0.376 e. The van der Waals surface area contributed by atoms with Crippen molar-refractivity contribution in [1.29, 1.82) is 0 Å². The highest BCUT2D eigenvalue weighted by molar-refractivity contribution is 5.98. The normalized spacial score (nSPS) is 24.8. The fourth-order valence-corrected chi connectivity index (χ4v) is 2.71. The summed E-state index contributed by atoms with van der Waals surface area (Å²) in [6, 6.07) is 0. The van der Waals surface area contributed by atoms with Gasteiger partial charge in [0.1, 0.15) is 0 Å². The number of aryl methyl sites for hydroxylation is 1. The van der Waals surface area contributed by atoms with E-state index in [2.05, 4.69) is 10.8 Å². The van der Waals surface area contributed by atoms with E-state index in [-0.39, 0.29) is 0 Å². The average Bonchev–Trinajstić information content (AvgIpc) is 2.88. The van der Waals surface area contributed by atoms with Crippen LogP contribution in [0.4, 0.5) is 0 Å². The molecule has 0 saturated carbocycles. The summed E-state index contributed by atoms with van der Waals surface area (Å²) in [5.41, 5.74) is 2.18. The first-order valence-electron chi connectivity index (χ1n) is 6.16. The quantitative estimate of drug-likeness (QED) is 0.763. The Bertz CT molecular complexity index is 402. The van der Waals surface area contributed by atoms with Crippen LogP contribution in [0.5, 0.6) is 0 Å². The minimum absolute atomic E-state index is 0.312. The second-order valence-electron chi connectivity index (χ2n) is 4.81. The lowest BCUT2D eigenvalue weighted by atomic mass is 9.95. The van der Waals surface area contributed by atoms with Crippen molar-refractivity contribution in [3.05, 3.63) is 23.5 Å². The minimum atomic E-state index is 0.312. The fourth-order valence-electron chi connectivity index (χ4n) is 2.71. The number of fused-ring (bicyclic) bond motifs is 1. The van der Waals surface area contributed by atoms with Gasteiger partial charge in [-0.2, -0.15) is 0 Å². The second-order valence-corrected chi connectivity index (χ2v) is 4.81. The van der Waals surface area contributed by atoms with E-state index in [0.29, 0.717) is 11.9 Å². The summed E-state index contributed by atoms with van der Waals surface area (Å²) in [4.78, 5) is 11.7. The molecule has 86 valence electrons. The van der Waals surface area contributed by atoms with Crippen molar-refractivity contribution >= 4 is 5.78 Å². The van der Waals surface area contributed by atoms with Crippen LogP contribution in [0.3, 0.4) is 0 Å². The number of Topliss-reactive ketones (excluding diaryl/α,β-unsaturated/α-hetero) is 1. The third-order valence-electron chi connectivity index (χ3n) is 3.55.